The Morgan fingerprint density at radius 3 is 2.65 bits per heavy atom. The normalized spacial score (nSPS) is 12.7. The van der Waals surface area contributed by atoms with E-state index >= 15 is 0 Å². The van der Waals surface area contributed by atoms with E-state index in [-0.39, 0.29) is 0 Å². The molecule has 0 spiro atoms. The van der Waals surface area contributed by atoms with Gasteiger partial charge in [0.25, 0.3) is 0 Å². The molecule has 1 heterocycles. The average Bonchev–Trinajstić information content (AvgIpc) is 2.87. The van der Waals surface area contributed by atoms with Gasteiger partial charge in [0.05, 0.1) is 18.9 Å². The summed E-state index contributed by atoms with van der Waals surface area (Å²) >= 11 is 0. The summed E-state index contributed by atoms with van der Waals surface area (Å²) in [5, 5.41) is 14.9. The van der Waals surface area contributed by atoms with Gasteiger partial charge in [0.15, 0.2) is 0 Å². The highest BCUT2D eigenvalue weighted by atomic mass is 16.5. The summed E-state index contributed by atoms with van der Waals surface area (Å²) in [6.45, 7) is 6.16. The monoisotopic (exact) mass is 274 g/mol. The first-order valence-corrected chi connectivity index (χ1v) is 6.88. The molecule has 4 heteroatoms. The zero-order chi connectivity index (χ0) is 14.7. The first kappa shape index (κ1) is 14.6. The number of benzene rings is 1. The molecular weight excluding hydrogens is 252 g/mol. The summed E-state index contributed by atoms with van der Waals surface area (Å²) in [7, 11) is 1.62. The highest BCUT2D eigenvalue weighted by Gasteiger charge is 2.15. The van der Waals surface area contributed by atoms with E-state index in [0.29, 0.717) is 12.5 Å². The van der Waals surface area contributed by atoms with Crippen LogP contribution in [-0.4, -0.2) is 22.0 Å². The first-order valence-electron chi connectivity index (χ1n) is 6.88. The van der Waals surface area contributed by atoms with Crippen molar-refractivity contribution in [3.8, 4) is 5.75 Å². The molecule has 2 rings (SSSR count). The number of ether oxygens (including phenoxy) is 1. The zero-order valence-corrected chi connectivity index (χ0v) is 12.5. The van der Waals surface area contributed by atoms with Crippen molar-refractivity contribution in [3.05, 3.63) is 47.3 Å². The standard InChI is InChI=1S/C16H22N2O2/c1-11(2)18-8-7-13(17-18)10-15(19)14-6-5-12(3)9-16(14)20-4/h5-9,11,15,19H,10H2,1-4H3. The van der Waals surface area contributed by atoms with Crippen LogP contribution >= 0.6 is 0 Å². The van der Waals surface area contributed by atoms with Crippen LogP contribution in [0.2, 0.25) is 0 Å². The number of hydrogen-bond acceptors (Lipinski definition) is 3. The second-order valence-corrected chi connectivity index (χ2v) is 5.35. The van der Waals surface area contributed by atoms with E-state index in [2.05, 4.69) is 18.9 Å². The maximum absolute atomic E-state index is 10.4. The second-order valence-electron chi connectivity index (χ2n) is 5.35. The van der Waals surface area contributed by atoms with Gasteiger partial charge in [0.1, 0.15) is 5.75 Å². The smallest absolute Gasteiger partial charge is 0.124 e. The Labute approximate surface area is 120 Å². The molecule has 0 aliphatic carbocycles. The van der Waals surface area contributed by atoms with Crippen LogP contribution in [0.5, 0.6) is 5.75 Å². The fraction of sp³-hybridized carbons (Fsp3) is 0.438. The Hall–Kier alpha value is -1.81. The highest BCUT2D eigenvalue weighted by Crippen LogP contribution is 2.28. The molecule has 0 bridgehead atoms. The quantitative estimate of drug-likeness (QED) is 0.911. The number of rotatable bonds is 5. The fourth-order valence-corrected chi connectivity index (χ4v) is 2.18. The Balaban J connectivity index is 2.16. The topological polar surface area (TPSA) is 47.3 Å². The average molecular weight is 274 g/mol. The van der Waals surface area contributed by atoms with Gasteiger partial charge in [-0.2, -0.15) is 5.10 Å². The van der Waals surface area contributed by atoms with Crippen molar-refractivity contribution in [1.82, 2.24) is 9.78 Å². The molecule has 20 heavy (non-hydrogen) atoms. The summed E-state index contributed by atoms with van der Waals surface area (Å²) in [5.74, 6) is 0.723. The van der Waals surface area contributed by atoms with Crippen LogP contribution in [0.4, 0.5) is 0 Å². The SMILES string of the molecule is COc1cc(C)ccc1C(O)Cc1ccn(C(C)C)n1. The lowest BCUT2D eigenvalue weighted by molar-refractivity contribution is 0.172. The maximum atomic E-state index is 10.4. The van der Waals surface area contributed by atoms with E-state index in [9.17, 15) is 5.11 Å². The van der Waals surface area contributed by atoms with Gasteiger partial charge >= 0.3 is 0 Å². The largest absolute Gasteiger partial charge is 0.496 e. The summed E-state index contributed by atoms with van der Waals surface area (Å²) in [6.07, 6.45) is 1.82. The van der Waals surface area contributed by atoms with Gasteiger partial charge in [-0.15, -0.1) is 0 Å². The molecule has 0 radical (unpaired) electrons. The van der Waals surface area contributed by atoms with E-state index in [0.717, 1.165) is 22.6 Å². The van der Waals surface area contributed by atoms with Crippen molar-refractivity contribution in [2.75, 3.05) is 7.11 Å². The molecule has 1 N–H and O–H groups in total. The summed E-state index contributed by atoms with van der Waals surface area (Å²) in [5.41, 5.74) is 2.80. The number of aryl methyl sites for hydroxylation is 1. The second kappa shape index (κ2) is 6.09. The van der Waals surface area contributed by atoms with Crippen LogP contribution in [0.3, 0.4) is 0 Å². The molecule has 0 fully saturated rings. The molecule has 1 aromatic heterocycles. The van der Waals surface area contributed by atoms with Gasteiger partial charge in [-0.25, -0.2) is 0 Å². The van der Waals surface area contributed by atoms with Crippen molar-refractivity contribution in [2.24, 2.45) is 0 Å². The highest BCUT2D eigenvalue weighted by molar-refractivity contribution is 5.39. The third kappa shape index (κ3) is 3.20. The Morgan fingerprint density at radius 1 is 1.30 bits per heavy atom. The van der Waals surface area contributed by atoms with Crippen molar-refractivity contribution in [2.45, 2.75) is 39.3 Å². The Kier molecular flexibility index (Phi) is 4.45. The summed E-state index contributed by atoms with van der Waals surface area (Å²) in [4.78, 5) is 0. The van der Waals surface area contributed by atoms with Crippen LogP contribution in [-0.2, 0) is 6.42 Å². The minimum atomic E-state index is -0.610. The molecule has 0 saturated carbocycles. The molecule has 1 unspecified atom stereocenters. The molecule has 0 saturated heterocycles. The molecule has 0 amide bonds. The molecule has 0 aliphatic rings. The van der Waals surface area contributed by atoms with Crippen LogP contribution < -0.4 is 4.74 Å². The van der Waals surface area contributed by atoms with Gasteiger partial charge in [-0.05, 0) is 38.5 Å². The van der Waals surface area contributed by atoms with Gasteiger partial charge < -0.3 is 9.84 Å². The lowest BCUT2D eigenvalue weighted by atomic mass is 10.0. The summed E-state index contributed by atoms with van der Waals surface area (Å²) < 4.78 is 7.24. The van der Waals surface area contributed by atoms with E-state index in [1.165, 1.54) is 0 Å². The molecule has 2 aromatic rings. The number of aromatic nitrogens is 2. The number of methoxy groups -OCH3 is 1. The first-order chi connectivity index (χ1) is 9.51. The summed E-state index contributed by atoms with van der Waals surface area (Å²) in [6, 6.07) is 8.11. The zero-order valence-electron chi connectivity index (χ0n) is 12.5. The van der Waals surface area contributed by atoms with Crippen LogP contribution in [0, 0.1) is 6.92 Å². The number of aliphatic hydroxyl groups excluding tert-OH is 1. The molecule has 1 atom stereocenters. The number of hydrogen-bond donors (Lipinski definition) is 1. The van der Waals surface area contributed by atoms with Gasteiger partial charge in [0.2, 0.25) is 0 Å². The van der Waals surface area contributed by atoms with E-state index < -0.39 is 6.10 Å². The van der Waals surface area contributed by atoms with Gasteiger partial charge in [0, 0.05) is 24.2 Å². The molecule has 108 valence electrons. The Bertz CT molecular complexity index is 576. The number of nitrogens with zero attached hydrogens (tertiary/aromatic N) is 2. The third-order valence-corrected chi connectivity index (χ3v) is 3.34. The number of aliphatic hydroxyl groups is 1. The maximum Gasteiger partial charge on any atom is 0.124 e. The molecule has 0 aliphatic heterocycles. The van der Waals surface area contributed by atoms with Crippen molar-refractivity contribution in [3.63, 3.8) is 0 Å². The molecular formula is C16H22N2O2. The van der Waals surface area contributed by atoms with Crippen molar-refractivity contribution >= 4 is 0 Å². The van der Waals surface area contributed by atoms with Gasteiger partial charge in [-0.3, -0.25) is 4.68 Å². The van der Waals surface area contributed by atoms with Crippen LogP contribution in [0.25, 0.3) is 0 Å². The minimum absolute atomic E-state index is 0.329. The lowest BCUT2D eigenvalue weighted by Gasteiger charge is -2.14. The molecule has 4 nitrogen and oxygen atoms in total. The lowest BCUT2D eigenvalue weighted by Crippen LogP contribution is -2.06. The van der Waals surface area contributed by atoms with Crippen LogP contribution in [0.15, 0.2) is 30.5 Å². The third-order valence-electron chi connectivity index (χ3n) is 3.34. The predicted octanol–water partition coefficient (Wildman–Crippen LogP) is 3.06. The van der Waals surface area contributed by atoms with E-state index in [4.69, 9.17) is 4.74 Å². The van der Waals surface area contributed by atoms with Crippen molar-refractivity contribution < 1.29 is 9.84 Å². The van der Waals surface area contributed by atoms with Crippen molar-refractivity contribution in [1.29, 1.82) is 0 Å². The minimum Gasteiger partial charge on any atom is -0.496 e. The fourth-order valence-electron chi connectivity index (χ4n) is 2.18. The van der Waals surface area contributed by atoms with Gasteiger partial charge in [-0.1, -0.05) is 12.1 Å². The molecule has 1 aromatic carbocycles. The van der Waals surface area contributed by atoms with E-state index in [1.807, 2.05) is 42.1 Å². The Morgan fingerprint density at radius 2 is 2.05 bits per heavy atom. The van der Waals surface area contributed by atoms with Crippen LogP contribution in [0.1, 0.15) is 42.8 Å². The predicted molar refractivity (Wildman–Crippen MR) is 79.0 cm³/mol. The van der Waals surface area contributed by atoms with E-state index in [1.54, 1.807) is 7.11 Å².